The number of pyridine rings is 1. The van der Waals surface area contributed by atoms with Crippen molar-refractivity contribution < 1.29 is 13.5 Å². The van der Waals surface area contributed by atoms with E-state index in [1.807, 2.05) is 49.6 Å². The van der Waals surface area contributed by atoms with E-state index in [9.17, 15) is 13.5 Å². The monoisotopic (exact) mass is 496 g/mol. The summed E-state index contributed by atoms with van der Waals surface area (Å²) in [4.78, 5) is 6.90. The van der Waals surface area contributed by atoms with Crippen LogP contribution >= 0.6 is 11.5 Å². The van der Waals surface area contributed by atoms with Crippen molar-refractivity contribution in [2.24, 2.45) is 0 Å². The Morgan fingerprint density at radius 3 is 2.76 bits per heavy atom. The average molecular weight is 497 g/mol. The smallest absolute Gasteiger partial charge is 0.259 e. The van der Waals surface area contributed by atoms with Gasteiger partial charge in [0.1, 0.15) is 11.6 Å². The second-order valence-corrected chi connectivity index (χ2v) is 11.6. The molecular weight excluding hydrogens is 468 g/mol. The topological polar surface area (TPSA) is 86.6 Å². The normalized spacial score (nSPS) is 24.2. The molecule has 2 atom stereocenters. The fourth-order valence-corrected chi connectivity index (χ4v) is 7.43. The molecule has 2 aromatic heterocycles. The molecule has 0 radical (unpaired) electrons. The third-order valence-electron chi connectivity index (χ3n) is 6.84. The molecule has 1 aromatic carbocycles. The van der Waals surface area contributed by atoms with Gasteiger partial charge in [-0.3, -0.25) is 4.90 Å². The highest BCUT2D eigenvalue weighted by atomic mass is 32.2. The highest BCUT2D eigenvalue weighted by molar-refractivity contribution is 7.96. The Bertz CT molecular complexity index is 1370. The maximum atomic E-state index is 13.0. The molecule has 9 heteroatoms. The van der Waals surface area contributed by atoms with E-state index >= 15 is 0 Å². The first-order valence-electron chi connectivity index (χ1n) is 11.3. The van der Waals surface area contributed by atoms with Crippen LogP contribution in [0.25, 0.3) is 11.3 Å². The largest absolute Gasteiger partial charge is 0.507 e. The molecule has 2 aliphatic rings. The van der Waals surface area contributed by atoms with Gasteiger partial charge in [-0.05, 0) is 86.6 Å². The lowest BCUT2D eigenvalue weighted by Gasteiger charge is -2.47. The van der Waals surface area contributed by atoms with Gasteiger partial charge in [0.25, 0.3) is 10.0 Å². The van der Waals surface area contributed by atoms with Gasteiger partial charge in [0.15, 0.2) is 0 Å². The third kappa shape index (κ3) is 4.01. The number of aryl methyl sites for hydroxylation is 2. The zero-order valence-corrected chi connectivity index (χ0v) is 21.1. The van der Waals surface area contributed by atoms with Crippen LogP contribution in [0.2, 0.25) is 0 Å². The molecule has 7 nitrogen and oxygen atoms in total. The predicted molar refractivity (Wildman–Crippen MR) is 135 cm³/mol. The number of nitrogens with zero attached hydrogens (tertiary/aromatic N) is 4. The predicted octanol–water partition coefficient (Wildman–Crippen LogP) is 4.61. The summed E-state index contributed by atoms with van der Waals surface area (Å²) in [5.74, 6) is 0.707. The number of anilines is 1. The standard InChI is InChI=1S/C25H28N4O3S2/c1-17-16-33-27-24(17)21-13-20(7-8-22(21)30)15-28-11-9-25(14-19(28)3)10-12-34(31,32)29(25)23-6-4-5-18(2)26-23/h4-8,10,12-13,16,19,30H,9,11,14-15H2,1-3H3/t19-,25-/m0/s1. The maximum Gasteiger partial charge on any atom is 0.259 e. The highest BCUT2D eigenvalue weighted by Crippen LogP contribution is 2.43. The number of rotatable bonds is 4. The summed E-state index contributed by atoms with van der Waals surface area (Å²) in [6, 6.07) is 11.3. The van der Waals surface area contributed by atoms with Crippen LogP contribution in [0.1, 0.15) is 36.6 Å². The summed E-state index contributed by atoms with van der Waals surface area (Å²) in [7, 11) is -3.57. The van der Waals surface area contributed by atoms with Gasteiger partial charge >= 0.3 is 0 Å². The average Bonchev–Trinajstić information content (AvgIpc) is 3.31. The molecule has 3 aromatic rings. The van der Waals surface area contributed by atoms with Gasteiger partial charge in [-0.2, -0.15) is 4.37 Å². The summed E-state index contributed by atoms with van der Waals surface area (Å²) >= 11 is 1.38. The number of sulfonamides is 1. The quantitative estimate of drug-likeness (QED) is 0.567. The first-order chi connectivity index (χ1) is 16.2. The maximum absolute atomic E-state index is 13.0. The lowest BCUT2D eigenvalue weighted by atomic mass is 9.83. The first kappa shape index (κ1) is 23.0. The molecule has 1 N–H and O–H groups in total. The number of aromatic nitrogens is 2. The molecule has 34 heavy (non-hydrogen) atoms. The van der Waals surface area contributed by atoms with E-state index in [-0.39, 0.29) is 11.8 Å². The fraction of sp³-hybridized carbons (Fsp3) is 0.360. The molecule has 178 valence electrons. The Balaban J connectivity index is 1.38. The summed E-state index contributed by atoms with van der Waals surface area (Å²) in [6.07, 6.45) is 3.21. The lowest BCUT2D eigenvalue weighted by Crippen LogP contribution is -2.56. The van der Waals surface area contributed by atoms with Crippen molar-refractivity contribution in [1.82, 2.24) is 14.3 Å². The number of hydrogen-bond acceptors (Lipinski definition) is 7. The Morgan fingerprint density at radius 2 is 2.06 bits per heavy atom. The Labute approximate surface area is 204 Å². The van der Waals surface area contributed by atoms with Crippen LogP contribution in [-0.4, -0.2) is 45.9 Å². The molecular formula is C25H28N4O3S2. The number of phenols is 1. The van der Waals surface area contributed by atoms with Crippen molar-refractivity contribution in [2.75, 3.05) is 10.8 Å². The molecule has 2 aliphatic heterocycles. The lowest BCUT2D eigenvalue weighted by molar-refractivity contribution is 0.119. The molecule has 1 fully saturated rings. The minimum absolute atomic E-state index is 0.150. The van der Waals surface area contributed by atoms with Crippen LogP contribution in [0, 0.1) is 13.8 Å². The summed E-state index contributed by atoms with van der Waals surface area (Å²) in [6.45, 7) is 7.47. The molecule has 0 aliphatic carbocycles. The SMILES string of the molecule is Cc1cccc(N2[C@]3(C=CS2(=O)=O)CCN(Cc2ccc(O)c(-c4nscc4C)c2)[C@@H](C)C3)n1. The van der Waals surface area contributed by atoms with Crippen LogP contribution in [0.5, 0.6) is 5.75 Å². The highest BCUT2D eigenvalue weighted by Gasteiger charge is 2.49. The van der Waals surface area contributed by atoms with Crippen molar-refractivity contribution in [3.05, 3.63) is 70.1 Å². The van der Waals surface area contributed by atoms with E-state index in [1.54, 1.807) is 12.1 Å². The molecule has 0 amide bonds. The number of phenolic OH excluding ortho intramolecular Hbond substituents is 1. The third-order valence-corrected chi connectivity index (χ3v) is 9.13. The molecule has 5 rings (SSSR count). The van der Waals surface area contributed by atoms with Gasteiger partial charge < -0.3 is 5.11 Å². The van der Waals surface area contributed by atoms with Gasteiger partial charge in [-0.15, -0.1) is 0 Å². The summed E-state index contributed by atoms with van der Waals surface area (Å²) < 4.78 is 31.9. The number of hydrogen-bond donors (Lipinski definition) is 1. The van der Waals surface area contributed by atoms with Gasteiger partial charge in [0.05, 0.1) is 11.2 Å². The molecule has 1 spiro atoms. The zero-order valence-electron chi connectivity index (χ0n) is 19.5. The van der Waals surface area contributed by atoms with E-state index < -0.39 is 15.6 Å². The van der Waals surface area contributed by atoms with Crippen LogP contribution in [0.3, 0.4) is 0 Å². The van der Waals surface area contributed by atoms with Crippen LogP contribution in [-0.2, 0) is 16.6 Å². The van der Waals surface area contributed by atoms with Gasteiger partial charge in [-0.25, -0.2) is 17.7 Å². The molecule has 0 unspecified atom stereocenters. The number of likely N-dealkylation sites (tertiary alicyclic amines) is 1. The second-order valence-electron chi connectivity index (χ2n) is 9.32. The summed E-state index contributed by atoms with van der Waals surface area (Å²) in [5.41, 5.74) is 3.89. The van der Waals surface area contributed by atoms with E-state index in [0.29, 0.717) is 25.2 Å². The Kier molecular flexibility index (Phi) is 5.74. The fourth-order valence-electron chi connectivity index (χ4n) is 5.12. The zero-order chi connectivity index (χ0) is 24.1. The van der Waals surface area contributed by atoms with Crippen molar-refractivity contribution >= 4 is 27.4 Å². The van der Waals surface area contributed by atoms with E-state index in [1.165, 1.54) is 21.2 Å². The van der Waals surface area contributed by atoms with Gasteiger partial charge in [-0.1, -0.05) is 12.1 Å². The number of piperidine rings is 1. The van der Waals surface area contributed by atoms with Gasteiger partial charge in [0, 0.05) is 41.2 Å². The van der Waals surface area contributed by atoms with Gasteiger partial charge in [0.2, 0.25) is 0 Å². The second kappa shape index (κ2) is 8.48. The summed E-state index contributed by atoms with van der Waals surface area (Å²) in [5, 5.41) is 13.7. The Morgan fingerprint density at radius 1 is 1.24 bits per heavy atom. The Hall–Kier alpha value is -2.75. The van der Waals surface area contributed by atoms with Crippen LogP contribution < -0.4 is 4.31 Å². The van der Waals surface area contributed by atoms with Crippen molar-refractivity contribution in [1.29, 1.82) is 0 Å². The van der Waals surface area contributed by atoms with Crippen molar-refractivity contribution in [3.63, 3.8) is 0 Å². The molecule has 0 saturated carbocycles. The van der Waals surface area contributed by atoms with Crippen LogP contribution in [0.15, 0.2) is 53.3 Å². The van der Waals surface area contributed by atoms with E-state index in [4.69, 9.17) is 0 Å². The van der Waals surface area contributed by atoms with E-state index in [2.05, 4.69) is 21.2 Å². The van der Waals surface area contributed by atoms with Crippen LogP contribution in [0.4, 0.5) is 5.82 Å². The number of aromatic hydroxyl groups is 1. The van der Waals surface area contributed by atoms with E-state index in [0.717, 1.165) is 34.6 Å². The number of benzene rings is 1. The molecule has 0 bridgehead atoms. The minimum Gasteiger partial charge on any atom is -0.507 e. The molecule has 1 saturated heterocycles. The minimum atomic E-state index is -3.57. The molecule has 4 heterocycles. The van der Waals surface area contributed by atoms with Crippen molar-refractivity contribution in [2.45, 2.75) is 51.7 Å². The first-order valence-corrected chi connectivity index (χ1v) is 13.7. The van der Waals surface area contributed by atoms with Crippen molar-refractivity contribution in [3.8, 4) is 17.0 Å².